The van der Waals surface area contributed by atoms with Crippen molar-refractivity contribution in [2.24, 2.45) is 0 Å². The summed E-state index contributed by atoms with van der Waals surface area (Å²) in [6.07, 6.45) is -3.55. The molecule has 0 saturated carbocycles. The third-order valence-electron chi connectivity index (χ3n) is 2.60. The lowest BCUT2D eigenvalue weighted by Gasteiger charge is -2.07. The van der Waals surface area contributed by atoms with Gasteiger partial charge in [-0.15, -0.1) is 10.2 Å². The van der Waals surface area contributed by atoms with Gasteiger partial charge in [0.1, 0.15) is 0 Å². The van der Waals surface area contributed by atoms with Crippen LogP contribution in [0.4, 0.5) is 18.3 Å². The Morgan fingerprint density at radius 3 is 2.42 bits per heavy atom. The molecule has 0 saturated heterocycles. The molecule has 2 aromatic rings. The zero-order valence-electron chi connectivity index (χ0n) is 10.2. The van der Waals surface area contributed by atoms with E-state index in [0.29, 0.717) is 17.9 Å². The van der Waals surface area contributed by atoms with Crippen LogP contribution in [0.25, 0.3) is 0 Å². The van der Waals surface area contributed by atoms with Crippen LogP contribution in [0, 0.1) is 0 Å². The van der Waals surface area contributed by atoms with E-state index in [2.05, 4.69) is 15.5 Å². The summed E-state index contributed by atoms with van der Waals surface area (Å²) in [5, 5.41) is 8.73. The third kappa shape index (κ3) is 3.44. The SMILES string of the molecule is CCc1ccccc1CNc1nnc(C(F)(F)F)s1. The highest BCUT2D eigenvalue weighted by Crippen LogP contribution is 2.33. The number of nitrogens with zero attached hydrogens (tertiary/aromatic N) is 2. The molecule has 102 valence electrons. The van der Waals surface area contributed by atoms with Gasteiger partial charge in [-0.05, 0) is 17.5 Å². The van der Waals surface area contributed by atoms with Crippen LogP contribution in [0.3, 0.4) is 0 Å². The van der Waals surface area contributed by atoms with Crippen molar-refractivity contribution in [3.63, 3.8) is 0 Å². The predicted octanol–water partition coefficient (Wildman–Crippen LogP) is 3.73. The van der Waals surface area contributed by atoms with Crippen molar-refractivity contribution in [2.75, 3.05) is 5.32 Å². The maximum Gasteiger partial charge on any atom is 0.445 e. The Morgan fingerprint density at radius 1 is 1.16 bits per heavy atom. The molecule has 0 radical (unpaired) electrons. The smallest absolute Gasteiger partial charge is 0.356 e. The van der Waals surface area contributed by atoms with Gasteiger partial charge in [0, 0.05) is 6.54 Å². The highest BCUT2D eigenvalue weighted by Gasteiger charge is 2.35. The van der Waals surface area contributed by atoms with Crippen LogP contribution in [0.5, 0.6) is 0 Å². The number of nitrogens with one attached hydrogen (secondary N) is 1. The van der Waals surface area contributed by atoms with Gasteiger partial charge in [-0.1, -0.05) is 42.5 Å². The van der Waals surface area contributed by atoms with Gasteiger partial charge in [0.05, 0.1) is 0 Å². The maximum absolute atomic E-state index is 12.4. The average molecular weight is 287 g/mol. The van der Waals surface area contributed by atoms with Gasteiger partial charge in [0.2, 0.25) is 10.1 Å². The fourth-order valence-corrected chi connectivity index (χ4v) is 2.26. The fraction of sp³-hybridized carbons (Fsp3) is 0.333. The molecule has 0 fully saturated rings. The summed E-state index contributed by atoms with van der Waals surface area (Å²) in [7, 11) is 0. The van der Waals surface area contributed by atoms with Crippen LogP contribution in [0.15, 0.2) is 24.3 Å². The number of halogens is 3. The van der Waals surface area contributed by atoms with Crippen molar-refractivity contribution in [1.82, 2.24) is 10.2 Å². The quantitative estimate of drug-likeness (QED) is 0.931. The van der Waals surface area contributed by atoms with Gasteiger partial charge >= 0.3 is 6.18 Å². The molecule has 19 heavy (non-hydrogen) atoms. The van der Waals surface area contributed by atoms with E-state index in [1.54, 1.807) is 0 Å². The third-order valence-corrected chi connectivity index (χ3v) is 3.52. The molecule has 0 unspecified atom stereocenters. The van der Waals surface area contributed by atoms with Crippen molar-refractivity contribution in [1.29, 1.82) is 0 Å². The molecule has 0 aliphatic rings. The first kappa shape index (κ1) is 13.8. The second kappa shape index (κ2) is 5.56. The van der Waals surface area contributed by atoms with E-state index >= 15 is 0 Å². The Labute approximate surface area is 112 Å². The zero-order chi connectivity index (χ0) is 13.9. The second-order valence-electron chi connectivity index (χ2n) is 3.89. The summed E-state index contributed by atoms with van der Waals surface area (Å²) in [6, 6.07) is 7.78. The van der Waals surface area contributed by atoms with Gasteiger partial charge in [0.15, 0.2) is 0 Å². The molecule has 0 atom stereocenters. The monoisotopic (exact) mass is 287 g/mol. The van der Waals surface area contributed by atoms with Crippen molar-refractivity contribution in [3.05, 3.63) is 40.4 Å². The molecule has 7 heteroatoms. The van der Waals surface area contributed by atoms with Crippen molar-refractivity contribution >= 4 is 16.5 Å². The van der Waals surface area contributed by atoms with E-state index in [1.807, 2.05) is 31.2 Å². The normalized spacial score (nSPS) is 11.6. The number of anilines is 1. The van der Waals surface area contributed by atoms with E-state index in [1.165, 1.54) is 0 Å². The molecule has 3 nitrogen and oxygen atoms in total. The first-order valence-corrected chi connectivity index (χ1v) is 6.53. The predicted molar refractivity (Wildman–Crippen MR) is 68.1 cm³/mol. The van der Waals surface area contributed by atoms with Crippen LogP contribution >= 0.6 is 11.3 Å². The molecule has 0 aliphatic heterocycles. The van der Waals surface area contributed by atoms with Gasteiger partial charge in [-0.3, -0.25) is 0 Å². The number of alkyl halides is 3. The molecular formula is C12H12F3N3S. The Hall–Kier alpha value is -1.63. The minimum Gasteiger partial charge on any atom is -0.356 e. The zero-order valence-corrected chi connectivity index (χ0v) is 11.0. The first-order valence-electron chi connectivity index (χ1n) is 5.72. The number of hydrogen-bond donors (Lipinski definition) is 1. The number of hydrogen-bond acceptors (Lipinski definition) is 4. The molecule has 0 amide bonds. The second-order valence-corrected chi connectivity index (χ2v) is 4.86. The van der Waals surface area contributed by atoms with E-state index in [0.717, 1.165) is 17.5 Å². The van der Waals surface area contributed by atoms with Crippen LogP contribution in [0.2, 0.25) is 0 Å². The van der Waals surface area contributed by atoms with E-state index in [-0.39, 0.29) is 5.13 Å². The molecule has 2 rings (SSSR count). The average Bonchev–Trinajstić information content (AvgIpc) is 2.85. The summed E-state index contributed by atoms with van der Waals surface area (Å²) in [4.78, 5) is 0. The van der Waals surface area contributed by atoms with E-state index in [9.17, 15) is 13.2 Å². The van der Waals surface area contributed by atoms with Crippen LogP contribution in [-0.4, -0.2) is 10.2 Å². The Balaban J connectivity index is 2.05. The van der Waals surface area contributed by atoms with Gasteiger partial charge in [-0.25, -0.2) is 0 Å². The summed E-state index contributed by atoms with van der Waals surface area (Å²) in [6.45, 7) is 2.47. The number of benzene rings is 1. The number of rotatable bonds is 4. The molecule has 1 aromatic heterocycles. The highest BCUT2D eigenvalue weighted by atomic mass is 32.1. The topological polar surface area (TPSA) is 37.8 Å². The molecule has 1 aromatic carbocycles. The van der Waals surface area contributed by atoms with Gasteiger partial charge in [-0.2, -0.15) is 13.2 Å². The lowest BCUT2D eigenvalue weighted by Crippen LogP contribution is -2.03. The number of aromatic nitrogens is 2. The summed E-state index contributed by atoms with van der Waals surface area (Å²) in [5.41, 5.74) is 2.21. The lowest BCUT2D eigenvalue weighted by atomic mass is 10.1. The molecule has 1 N–H and O–H groups in total. The summed E-state index contributed by atoms with van der Waals surface area (Å²) >= 11 is 0.514. The fourth-order valence-electron chi connectivity index (χ4n) is 1.65. The van der Waals surface area contributed by atoms with Crippen molar-refractivity contribution in [3.8, 4) is 0 Å². The number of aryl methyl sites for hydroxylation is 1. The Kier molecular flexibility index (Phi) is 4.04. The molecular weight excluding hydrogens is 275 g/mol. The van der Waals surface area contributed by atoms with E-state index < -0.39 is 11.2 Å². The van der Waals surface area contributed by atoms with Gasteiger partial charge < -0.3 is 5.32 Å². The molecule has 0 bridgehead atoms. The van der Waals surface area contributed by atoms with Crippen LogP contribution in [-0.2, 0) is 19.1 Å². The van der Waals surface area contributed by atoms with Crippen LogP contribution < -0.4 is 5.32 Å². The molecule has 1 heterocycles. The summed E-state index contributed by atoms with van der Waals surface area (Å²) in [5.74, 6) is 0. The standard InChI is InChI=1S/C12H12F3N3S/c1-2-8-5-3-4-6-9(8)7-16-11-18-17-10(19-11)12(13,14)15/h3-6H,2,7H2,1H3,(H,16,18). The lowest BCUT2D eigenvalue weighted by molar-refractivity contribution is -0.138. The molecule has 0 aliphatic carbocycles. The van der Waals surface area contributed by atoms with E-state index in [4.69, 9.17) is 0 Å². The minimum absolute atomic E-state index is 0.179. The Bertz CT molecular complexity index is 551. The van der Waals surface area contributed by atoms with Crippen LogP contribution in [0.1, 0.15) is 23.1 Å². The Morgan fingerprint density at radius 2 is 1.84 bits per heavy atom. The largest absolute Gasteiger partial charge is 0.445 e. The maximum atomic E-state index is 12.4. The summed E-state index contributed by atoms with van der Waals surface area (Å²) < 4.78 is 37.1. The minimum atomic E-state index is -4.43. The first-order chi connectivity index (χ1) is 9.00. The molecule has 0 spiro atoms. The van der Waals surface area contributed by atoms with Gasteiger partial charge in [0.25, 0.3) is 0 Å². The highest BCUT2D eigenvalue weighted by molar-refractivity contribution is 7.15. The van der Waals surface area contributed by atoms with Crippen molar-refractivity contribution < 1.29 is 13.2 Å². The van der Waals surface area contributed by atoms with Crippen molar-refractivity contribution in [2.45, 2.75) is 26.1 Å².